The number of benzene rings is 1. The molecule has 0 atom stereocenters. The van der Waals surface area contributed by atoms with Gasteiger partial charge in [-0.3, -0.25) is 4.79 Å². The number of carbonyl (C=O) groups is 1. The van der Waals surface area contributed by atoms with Crippen LogP contribution in [0.5, 0.6) is 0 Å². The highest BCUT2D eigenvalue weighted by Gasteiger charge is 2.22. The van der Waals surface area contributed by atoms with Crippen molar-refractivity contribution in [1.82, 2.24) is 4.90 Å². The Kier molecular flexibility index (Phi) is 4.15. The van der Waals surface area contributed by atoms with Gasteiger partial charge in [-0.05, 0) is 11.5 Å². The van der Waals surface area contributed by atoms with E-state index in [1.807, 2.05) is 30.3 Å². The Morgan fingerprint density at radius 2 is 2.06 bits per heavy atom. The molecule has 3 heteroatoms. The molecule has 0 N–H and O–H groups in total. The molecule has 2 rings (SSSR count). The first-order chi connectivity index (χ1) is 8.24. The summed E-state index contributed by atoms with van der Waals surface area (Å²) in [5, 5.41) is 0. The normalized spacial score (nSPS) is 16.5. The second kappa shape index (κ2) is 5.82. The number of carbonyl (C=O) groups excluding carboxylic acids is 1. The van der Waals surface area contributed by atoms with Crippen LogP contribution in [-0.4, -0.2) is 30.5 Å². The molecule has 1 aromatic carbocycles. The largest absolute Gasteiger partial charge is 0.461 e. The zero-order valence-corrected chi connectivity index (χ0v) is 10.3. The van der Waals surface area contributed by atoms with Gasteiger partial charge in [-0.15, -0.1) is 0 Å². The first-order valence-corrected chi connectivity index (χ1v) is 6.16. The van der Waals surface area contributed by atoms with Gasteiger partial charge in [0.2, 0.25) is 0 Å². The van der Waals surface area contributed by atoms with Crippen LogP contribution in [0.15, 0.2) is 30.3 Å². The molecular formula is C14H19NO2. The monoisotopic (exact) mass is 233 g/mol. The van der Waals surface area contributed by atoms with Crippen LogP contribution in [0.3, 0.4) is 0 Å². The van der Waals surface area contributed by atoms with E-state index >= 15 is 0 Å². The highest BCUT2D eigenvalue weighted by atomic mass is 16.5. The quantitative estimate of drug-likeness (QED) is 0.729. The SMILES string of the molecule is CC1CN(CCC(=O)OCc2ccccc2)C1. The van der Waals surface area contributed by atoms with Crippen molar-refractivity contribution in [2.45, 2.75) is 20.0 Å². The Morgan fingerprint density at radius 3 is 2.71 bits per heavy atom. The summed E-state index contributed by atoms with van der Waals surface area (Å²) in [6, 6.07) is 9.78. The molecule has 0 aliphatic carbocycles. The zero-order chi connectivity index (χ0) is 12.1. The molecule has 3 nitrogen and oxygen atoms in total. The Bertz CT molecular complexity index is 358. The summed E-state index contributed by atoms with van der Waals surface area (Å²) < 4.78 is 5.21. The number of nitrogens with zero attached hydrogens (tertiary/aromatic N) is 1. The third-order valence-corrected chi connectivity index (χ3v) is 3.01. The van der Waals surface area contributed by atoms with E-state index in [1.54, 1.807) is 0 Å². The molecule has 1 fully saturated rings. The summed E-state index contributed by atoms with van der Waals surface area (Å²) in [5.41, 5.74) is 1.04. The summed E-state index contributed by atoms with van der Waals surface area (Å²) in [7, 11) is 0. The van der Waals surface area contributed by atoms with Gasteiger partial charge in [0.25, 0.3) is 0 Å². The van der Waals surface area contributed by atoms with Crippen LogP contribution >= 0.6 is 0 Å². The van der Waals surface area contributed by atoms with Crippen molar-refractivity contribution in [1.29, 1.82) is 0 Å². The number of esters is 1. The van der Waals surface area contributed by atoms with Gasteiger partial charge in [0.05, 0.1) is 6.42 Å². The Balaban J connectivity index is 1.61. The van der Waals surface area contributed by atoms with Crippen LogP contribution in [0.4, 0.5) is 0 Å². The first kappa shape index (κ1) is 12.1. The first-order valence-electron chi connectivity index (χ1n) is 6.16. The van der Waals surface area contributed by atoms with Crippen LogP contribution in [0.25, 0.3) is 0 Å². The van der Waals surface area contributed by atoms with E-state index in [-0.39, 0.29) is 5.97 Å². The van der Waals surface area contributed by atoms with Gasteiger partial charge in [0, 0.05) is 19.6 Å². The molecule has 1 heterocycles. The van der Waals surface area contributed by atoms with Gasteiger partial charge in [0.15, 0.2) is 0 Å². The molecule has 0 spiro atoms. The number of rotatable bonds is 5. The topological polar surface area (TPSA) is 29.5 Å². The molecule has 0 unspecified atom stereocenters. The highest BCUT2D eigenvalue weighted by Crippen LogP contribution is 2.14. The van der Waals surface area contributed by atoms with E-state index in [4.69, 9.17) is 4.74 Å². The molecule has 0 saturated carbocycles. The van der Waals surface area contributed by atoms with Gasteiger partial charge >= 0.3 is 5.97 Å². The highest BCUT2D eigenvalue weighted by molar-refractivity contribution is 5.69. The maximum Gasteiger partial charge on any atom is 0.307 e. The minimum Gasteiger partial charge on any atom is -0.461 e. The van der Waals surface area contributed by atoms with Crippen molar-refractivity contribution in [3.63, 3.8) is 0 Å². The molecule has 92 valence electrons. The van der Waals surface area contributed by atoms with Crippen molar-refractivity contribution in [3.8, 4) is 0 Å². The molecule has 1 aromatic rings. The average molecular weight is 233 g/mol. The van der Waals surface area contributed by atoms with Crippen LogP contribution in [0, 0.1) is 5.92 Å². The summed E-state index contributed by atoms with van der Waals surface area (Å²) in [6.45, 7) is 5.68. The number of hydrogen-bond donors (Lipinski definition) is 0. The van der Waals surface area contributed by atoms with Gasteiger partial charge in [-0.2, -0.15) is 0 Å². The van der Waals surface area contributed by atoms with E-state index in [2.05, 4.69) is 11.8 Å². The minimum atomic E-state index is -0.103. The molecule has 1 aliphatic heterocycles. The summed E-state index contributed by atoms with van der Waals surface area (Å²) >= 11 is 0. The van der Waals surface area contributed by atoms with Crippen LogP contribution in [-0.2, 0) is 16.1 Å². The van der Waals surface area contributed by atoms with E-state index in [0.717, 1.165) is 31.1 Å². The summed E-state index contributed by atoms with van der Waals surface area (Å²) in [6.07, 6.45) is 0.500. The van der Waals surface area contributed by atoms with Crippen molar-refractivity contribution in [2.24, 2.45) is 5.92 Å². The molecule has 0 radical (unpaired) electrons. The smallest absolute Gasteiger partial charge is 0.307 e. The fourth-order valence-corrected chi connectivity index (χ4v) is 2.07. The molecule has 1 saturated heterocycles. The molecule has 0 bridgehead atoms. The second-order valence-corrected chi connectivity index (χ2v) is 4.76. The Hall–Kier alpha value is -1.35. The Morgan fingerprint density at radius 1 is 1.35 bits per heavy atom. The van der Waals surface area contributed by atoms with Gasteiger partial charge in [0.1, 0.15) is 6.61 Å². The van der Waals surface area contributed by atoms with Crippen LogP contribution in [0.2, 0.25) is 0 Å². The van der Waals surface area contributed by atoms with Crippen molar-refractivity contribution >= 4 is 5.97 Å². The lowest BCUT2D eigenvalue weighted by Gasteiger charge is -2.36. The van der Waals surface area contributed by atoms with E-state index in [1.165, 1.54) is 0 Å². The fraction of sp³-hybridized carbons (Fsp3) is 0.500. The van der Waals surface area contributed by atoms with E-state index in [0.29, 0.717) is 13.0 Å². The average Bonchev–Trinajstić information content (AvgIpc) is 2.32. The number of hydrogen-bond acceptors (Lipinski definition) is 3. The summed E-state index contributed by atoms with van der Waals surface area (Å²) in [5.74, 6) is 0.684. The van der Waals surface area contributed by atoms with Gasteiger partial charge < -0.3 is 9.64 Å². The van der Waals surface area contributed by atoms with Crippen molar-refractivity contribution in [2.75, 3.05) is 19.6 Å². The van der Waals surface area contributed by atoms with Crippen LogP contribution < -0.4 is 0 Å². The second-order valence-electron chi connectivity index (χ2n) is 4.76. The minimum absolute atomic E-state index is 0.103. The maximum atomic E-state index is 11.5. The lowest BCUT2D eigenvalue weighted by Crippen LogP contribution is -2.45. The maximum absolute atomic E-state index is 11.5. The molecule has 0 amide bonds. The fourth-order valence-electron chi connectivity index (χ4n) is 2.07. The predicted molar refractivity (Wildman–Crippen MR) is 66.5 cm³/mol. The van der Waals surface area contributed by atoms with E-state index < -0.39 is 0 Å². The van der Waals surface area contributed by atoms with Gasteiger partial charge in [-0.1, -0.05) is 37.3 Å². The number of likely N-dealkylation sites (tertiary alicyclic amines) is 1. The summed E-state index contributed by atoms with van der Waals surface area (Å²) in [4.78, 5) is 13.8. The number of ether oxygens (including phenoxy) is 1. The third-order valence-electron chi connectivity index (χ3n) is 3.01. The molecular weight excluding hydrogens is 214 g/mol. The van der Waals surface area contributed by atoms with Crippen molar-refractivity contribution in [3.05, 3.63) is 35.9 Å². The zero-order valence-electron chi connectivity index (χ0n) is 10.3. The van der Waals surface area contributed by atoms with Crippen molar-refractivity contribution < 1.29 is 9.53 Å². The third kappa shape index (κ3) is 3.86. The molecule has 1 aliphatic rings. The standard InChI is InChI=1S/C14H19NO2/c1-12-9-15(10-12)8-7-14(16)17-11-13-5-3-2-4-6-13/h2-6,12H,7-11H2,1H3. The predicted octanol–water partition coefficient (Wildman–Crippen LogP) is 2.07. The van der Waals surface area contributed by atoms with Gasteiger partial charge in [-0.25, -0.2) is 0 Å². The van der Waals surface area contributed by atoms with Crippen LogP contribution in [0.1, 0.15) is 18.9 Å². The lowest BCUT2D eigenvalue weighted by atomic mass is 10.0. The Labute approximate surface area is 102 Å². The molecule has 17 heavy (non-hydrogen) atoms. The lowest BCUT2D eigenvalue weighted by molar-refractivity contribution is -0.145. The molecule has 0 aromatic heterocycles. The van der Waals surface area contributed by atoms with E-state index in [9.17, 15) is 4.79 Å².